The number of fused-ring (bicyclic) bond motifs is 3. The number of anilines is 4. The van der Waals surface area contributed by atoms with E-state index in [-0.39, 0.29) is 0 Å². The Morgan fingerprint density at radius 3 is 2.55 bits per heavy atom. The van der Waals surface area contributed by atoms with Crippen molar-refractivity contribution in [2.75, 3.05) is 34.8 Å². The van der Waals surface area contributed by atoms with Crippen molar-refractivity contribution >= 4 is 34.9 Å². The number of hydrogen-bond acceptors (Lipinski definition) is 6. The Balaban J connectivity index is 1.21. The highest BCUT2D eigenvalue weighted by Gasteiger charge is 2.43. The number of pyridine rings is 1. The van der Waals surface area contributed by atoms with Crippen LogP contribution < -0.4 is 15.1 Å². The molecular weight excluding hydrogens is 448 g/mol. The second-order valence-corrected chi connectivity index (χ2v) is 9.46. The minimum atomic E-state index is -0.860. The van der Waals surface area contributed by atoms with E-state index in [1.54, 1.807) is 12.3 Å². The van der Waals surface area contributed by atoms with E-state index < -0.39 is 11.6 Å². The largest absolute Gasteiger partial charge is 0.371 e. The molecule has 0 spiro atoms. The molecule has 1 saturated carbocycles. The predicted molar refractivity (Wildman–Crippen MR) is 123 cm³/mol. The van der Waals surface area contributed by atoms with Gasteiger partial charge in [-0.15, -0.1) is 5.10 Å². The number of hydrogen-bond donors (Lipinski definition) is 1. The molecule has 1 saturated heterocycles. The van der Waals surface area contributed by atoms with Crippen LogP contribution in [0.5, 0.6) is 0 Å². The van der Waals surface area contributed by atoms with Crippen LogP contribution in [0.1, 0.15) is 19.3 Å². The van der Waals surface area contributed by atoms with Gasteiger partial charge < -0.3 is 15.1 Å². The Labute approximate surface area is 195 Å². The SMILES string of the molecule is Fc1ccc(N2CCCn3nc(N[C@@H]4C5CC[C@H]4CN(c4ccnc(Cl)c4)C5)nc32)cc1F. The van der Waals surface area contributed by atoms with Gasteiger partial charge in [0, 0.05) is 55.9 Å². The summed E-state index contributed by atoms with van der Waals surface area (Å²) in [5.41, 5.74) is 1.70. The highest BCUT2D eigenvalue weighted by atomic mass is 35.5. The Hall–Kier alpha value is -2.94. The van der Waals surface area contributed by atoms with E-state index in [1.807, 2.05) is 21.7 Å². The number of aromatic nitrogens is 4. The van der Waals surface area contributed by atoms with Crippen molar-refractivity contribution in [1.29, 1.82) is 0 Å². The quantitative estimate of drug-likeness (QED) is 0.566. The van der Waals surface area contributed by atoms with Crippen LogP contribution >= 0.6 is 11.6 Å². The summed E-state index contributed by atoms with van der Waals surface area (Å²) in [5.74, 6) is 0.515. The molecule has 2 fully saturated rings. The summed E-state index contributed by atoms with van der Waals surface area (Å²) in [4.78, 5) is 13.1. The van der Waals surface area contributed by atoms with Gasteiger partial charge >= 0.3 is 0 Å². The summed E-state index contributed by atoms with van der Waals surface area (Å²) in [5, 5.41) is 8.81. The third kappa shape index (κ3) is 3.78. The van der Waals surface area contributed by atoms with Crippen molar-refractivity contribution in [3.63, 3.8) is 0 Å². The van der Waals surface area contributed by atoms with Gasteiger partial charge in [0.05, 0.1) is 0 Å². The maximum Gasteiger partial charge on any atom is 0.244 e. The standard InChI is InChI=1S/C23H24ClF2N7/c24-20-11-16(6-7-27-20)31-12-14-2-3-15(13-31)21(14)28-22-29-23-32(8-1-9-33(23)30-22)17-4-5-18(25)19(26)10-17/h4-7,10-11,14-15,21H,1-3,8-9,12-13H2,(H,28,30)/t14-,15?,21-/m0/s1. The van der Waals surface area contributed by atoms with Crippen LogP contribution in [-0.4, -0.2) is 45.4 Å². The molecule has 33 heavy (non-hydrogen) atoms. The van der Waals surface area contributed by atoms with Crippen LogP contribution in [0, 0.1) is 23.5 Å². The first-order valence-electron chi connectivity index (χ1n) is 11.4. The fourth-order valence-corrected chi connectivity index (χ4v) is 5.70. The molecule has 172 valence electrons. The molecule has 2 bridgehead atoms. The van der Waals surface area contributed by atoms with Gasteiger partial charge in [0.2, 0.25) is 11.9 Å². The van der Waals surface area contributed by atoms with Crippen molar-refractivity contribution < 1.29 is 8.78 Å². The van der Waals surface area contributed by atoms with Gasteiger partial charge in [0.1, 0.15) is 5.15 Å². The number of halogens is 3. The lowest BCUT2D eigenvalue weighted by Gasteiger charge is -2.39. The van der Waals surface area contributed by atoms with Crippen molar-refractivity contribution in [2.45, 2.75) is 31.8 Å². The first kappa shape index (κ1) is 20.7. The highest BCUT2D eigenvalue weighted by molar-refractivity contribution is 6.29. The molecule has 3 aromatic rings. The van der Waals surface area contributed by atoms with Crippen molar-refractivity contribution in [1.82, 2.24) is 19.7 Å². The molecule has 1 aromatic carbocycles. The van der Waals surface area contributed by atoms with E-state index in [1.165, 1.54) is 6.07 Å². The maximum atomic E-state index is 13.8. The zero-order valence-corrected chi connectivity index (χ0v) is 18.7. The number of nitrogens with zero attached hydrogens (tertiary/aromatic N) is 6. The molecule has 2 aliphatic heterocycles. The Morgan fingerprint density at radius 1 is 0.970 bits per heavy atom. The van der Waals surface area contributed by atoms with E-state index in [4.69, 9.17) is 21.7 Å². The molecule has 2 aromatic heterocycles. The molecule has 1 N–H and O–H groups in total. The number of piperidine rings is 1. The lowest BCUT2D eigenvalue weighted by Crippen LogP contribution is -2.48. The average Bonchev–Trinajstić information content (AvgIpc) is 3.31. The summed E-state index contributed by atoms with van der Waals surface area (Å²) >= 11 is 6.10. The number of rotatable bonds is 4. The van der Waals surface area contributed by atoms with Crippen LogP contribution in [0.2, 0.25) is 5.15 Å². The normalized spacial score (nSPS) is 24.2. The molecule has 3 aliphatic rings. The smallest absolute Gasteiger partial charge is 0.244 e. The van der Waals surface area contributed by atoms with Gasteiger partial charge in [-0.1, -0.05) is 11.6 Å². The van der Waals surface area contributed by atoms with Gasteiger partial charge in [0.15, 0.2) is 11.6 Å². The maximum absolute atomic E-state index is 13.8. The van der Waals surface area contributed by atoms with Gasteiger partial charge in [-0.05, 0) is 55.4 Å². The minimum absolute atomic E-state index is 0.305. The fraction of sp³-hybridized carbons (Fsp3) is 0.435. The molecule has 7 nitrogen and oxygen atoms in total. The lowest BCUT2D eigenvalue weighted by atomic mass is 9.92. The number of nitrogens with one attached hydrogen (secondary N) is 1. The summed E-state index contributed by atoms with van der Waals surface area (Å²) in [6.45, 7) is 3.33. The van der Waals surface area contributed by atoms with E-state index in [0.29, 0.717) is 47.2 Å². The molecule has 6 rings (SSSR count). The third-order valence-corrected chi connectivity index (χ3v) is 7.27. The summed E-state index contributed by atoms with van der Waals surface area (Å²) in [6, 6.07) is 8.19. The Kier molecular flexibility index (Phi) is 5.09. The minimum Gasteiger partial charge on any atom is -0.371 e. The highest BCUT2D eigenvalue weighted by Crippen LogP contribution is 2.40. The molecule has 1 aliphatic carbocycles. The molecule has 1 unspecified atom stereocenters. The molecule has 0 radical (unpaired) electrons. The second kappa shape index (κ2) is 8.13. The monoisotopic (exact) mass is 471 g/mol. The number of aryl methyl sites for hydroxylation is 1. The van der Waals surface area contributed by atoms with Crippen LogP contribution in [0.3, 0.4) is 0 Å². The zero-order chi connectivity index (χ0) is 22.5. The van der Waals surface area contributed by atoms with Gasteiger partial charge in [0.25, 0.3) is 0 Å². The van der Waals surface area contributed by atoms with Gasteiger partial charge in [-0.25, -0.2) is 18.4 Å². The predicted octanol–water partition coefficient (Wildman–Crippen LogP) is 4.47. The third-order valence-electron chi connectivity index (χ3n) is 7.06. The van der Waals surface area contributed by atoms with Crippen LogP contribution in [0.4, 0.5) is 32.1 Å². The molecule has 4 heterocycles. The van der Waals surface area contributed by atoms with Crippen molar-refractivity contribution in [3.05, 3.63) is 53.3 Å². The van der Waals surface area contributed by atoms with E-state index >= 15 is 0 Å². The lowest BCUT2D eigenvalue weighted by molar-refractivity contribution is 0.376. The molecule has 0 amide bonds. The second-order valence-electron chi connectivity index (χ2n) is 9.07. The molecular formula is C23H24ClF2N7. The number of benzene rings is 1. The van der Waals surface area contributed by atoms with Crippen LogP contribution in [-0.2, 0) is 6.54 Å². The molecule has 3 atom stereocenters. The van der Waals surface area contributed by atoms with E-state index in [2.05, 4.69) is 15.2 Å². The van der Waals surface area contributed by atoms with Crippen molar-refractivity contribution in [2.24, 2.45) is 11.8 Å². The van der Waals surface area contributed by atoms with Gasteiger partial charge in [-0.3, -0.25) is 0 Å². The fourth-order valence-electron chi connectivity index (χ4n) is 5.53. The van der Waals surface area contributed by atoms with E-state index in [9.17, 15) is 8.78 Å². The Morgan fingerprint density at radius 2 is 1.79 bits per heavy atom. The summed E-state index contributed by atoms with van der Waals surface area (Å²) < 4.78 is 29.1. The van der Waals surface area contributed by atoms with Crippen LogP contribution in [0.15, 0.2) is 36.5 Å². The van der Waals surface area contributed by atoms with Gasteiger partial charge in [-0.2, -0.15) is 4.98 Å². The summed E-state index contributed by atoms with van der Waals surface area (Å²) in [6.07, 6.45) is 4.92. The first-order chi connectivity index (χ1) is 16.0. The van der Waals surface area contributed by atoms with Crippen LogP contribution in [0.25, 0.3) is 0 Å². The van der Waals surface area contributed by atoms with Crippen molar-refractivity contribution in [3.8, 4) is 0 Å². The Bertz CT molecular complexity index is 1170. The molecule has 10 heteroatoms. The van der Waals surface area contributed by atoms with E-state index in [0.717, 1.165) is 50.7 Å². The first-order valence-corrected chi connectivity index (χ1v) is 11.7. The average molecular weight is 472 g/mol. The zero-order valence-electron chi connectivity index (χ0n) is 18.0. The topological polar surface area (TPSA) is 62.1 Å². The summed E-state index contributed by atoms with van der Waals surface area (Å²) in [7, 11) is 0.